The van der Waals surface area contributed by atoms with Crippen LogP contribution in [0, 0.1) is 6.92 Å². The summed E-state index contributed by atoms with van der Waals surface area (Å²) >= 11 is 0. The van der Waals surface area contributed by atoms with Gasteiger partial charge in [-0.1, -0.05) is 18.2 Å². The summed E-state index contributed by atoms with van der Waals surface area (Å²) in [6, 6.07) is 11.9. The maximum Gasteiger partial charge on any atom is 0.262 e. The van der Waals surface area contributed by atoms with Crippen LogP contribution in [0.4, 0.5) is 5.69 Å². The Morgan fingerprint density at radius 2 is 1.86 bits per heavy atom. The van der Waals surface area contributed by atoms with Gasteiger partial charge in [0.05, 0.1) is 20.3 Å². The van der Waals surface area contributed by atoms with Gasteiger partial charge in [-0.25, -0.2) is 8.42 Å². The molecule has 1 aliphatic heterocycles. The van der Waals surface area contributed by atoms with Crippen LogP contribution in [0.1, 0.15) is 5.56 Å². The summed E-state index contributed by atoms with van der Waals surface area (Å²) in [5, 5.41) is 2.67. The number of aryl methyl sites for hydroxylation is 1. The Morgan fingerprint density at radius 1 is 1.14 bits per heavy atom. The van der Waals surface area contributed by atoms with Crippen LogP contribution in [-0.2, 0) is 19.6 Å². The van der Waals surface area contributed by atoms with E-state index in [4.69, 9.17) is 14.2 Å². The number of morpholine rings is 1. The van der Waals surface area contributed by atoms with Gasteiger partial charge in [-0.15, -0.1) is 0 Å². The normalized spacial score (nSPS) is 15.0. The van der Waals surface area contributed by atoms with Crippen molar-refractivity contribution in [2.75, 3.05) is 45.3 Å². The smallest absolute Gasteiger partial charge is 0.262 e. The van der Waals surface area contributed by atoms with E-state index in [9.17, 15) is 13.2 Å². The maximum atomic E-state index is 13.0. The molecule has 2 aromatic rings. The van der Waals surface area contributed by atoms with Crippen LogP contribution in [0.5, 0.6) is 11.5 Å². The zero-order chi connectivity index (χ0) is 20.9. The van der Waals surface area contributed by atoms with E-state index in [1.807, 2.05) is 25.1 Å². The largest absolute Gasteiger partial charge is 0.495 e. The van der Waals surface area contributed by atoms with Crippen molar-refractivity contribution in [1.29, 1.82) is 0 Å². The zero-order valence-corrected chi connectivity index (χ0v) is 17.2. The average Bonchev–Trinajstić information content (AvgIpc) is 2.74. The SMILES string of the molecule is COc1ccc(NC(=O)COc2ccccc2C)cc1S(=O)(=O)N1CCOCC1. The van der Waals surface area contributed by atoms with Crippen LogP contribution in [0.15, 0.2) is 47.4 Å². The van der Waals surface area contributed by atoms with Gasteiger partial charge in [-0.3, -0.25) is 4.79 Å². The first-order valence-corrected chi connectivity index (χ1v) is 10.6. The first kappa shape index (κ1) is 21.1. The molecular formula is C20H24N2O6S. The molecular weight excluding hydrogens is 396 g/mol. The van der Waals surface area contributed by atoms with Crippen molar-refractivity contribution in [3.63, 3.8) is 0 Å². The highest BCUT2D eigenvalue weighted by atomic mass is 32.2. The third-order valence-corrected chi connectivity index (χ3v) is 6.41. The molecule has 1 saturated heterocycles. The Labute approximate surface area is 170 Å². The highest BCUT2D eigenvalue weighted by Crippen LogP contribution is 2.30. The van der Waals surface area contributed by atoms with Gasteiger partial charge in [0.15, 0.2) is 6.61 Å². The number of anilines is 1. The van der Waals surface area contributed by atoms with Crippen LogP contribution < -0.4 is 14.8 Å². The number of hydrogen-bond acceptors (Lipinski definition) is 6. The molecule has 1 amide bonds. The van der Waals surface area contributed by atoms with E-state index < -0.39 is 15.9 Å². The van der Waals surface area contributed by atoms with Crippen LogP contribution in [0.25, 0.3) is 0 Å². The van der Waals surface area contributed by atoms with Crippen molar-refractivity contribution in [3.05, 3.63) is 48.0 Å². The van der Waals surface area contributed by atoms with Crippen molar-refractivity contribution < 1.29 is 27.4 Å². The topological polar surface area (TPSA) is 94.2 Å². The number of para-hydroxylation sites is 1. The monoisotopic (exact) mass is 420 g/mol. The lowest BCUT2D eigenvalue weighted by molar-refractivity contribution is -0.118. The predicted octanol–water partition coefficient (Wildman–Crippen LogP) is 2.04. The Hall–Kier alpha value is -2.62. The number of carbonyl (C=O) groups excluding carboxylic acids is 1. The van der Waals surface area contributed by atoms with E-state index in [2.05, 4.69) is 5.32 Å². The summed E-state index contributed by atoms with van der Waals surface area (Å²) in [4.78, 5) is 12.3. The standard InChI is InChI=1S/C20H24N2O6S/c1-15-5-3-4-6-17(15)28-14-20(23)21-16-7-8-18(26-2)19(13-16)29(24,25)22-9-11-27-12-10-22/h3-8,13H,9-12,14H2,1-2H3,(H,21,23). The molecule has 0 unspecified atom stereocenters. The maximum absolute atomic E-state index is 13.0. The molecule has 8 nitrogen and oxygen atoms in total. The first-order valence-electron chi connectivity index (χ1n) is 9.16. The molecule has 29 heavy (non-hydrogen) atoms. The highest BCUT2D eigenvalue weighted by molar-refractivity contribution is 7.89. The minimum absolute atomic E-state index is 0.000442. The van der Waals surface area contributed by atoms with Crippen LogP contribution in [-0.4, -0.2) is 58.7 Å². The number of nitrogens with one attached hydrogen (secondary N) is 1. The second kappa shape index (κ2) is 9.25. The molecule has 1 N–H and O–H groups in total. The minimum atomic E-state index is -3.78. The quantitative estimate of drug-likeness (QED) is 0.737. The molecule has 1 aliphatic rings. The van der Waals surface area contributed by atoms with Crippen molar-refractivity contribution in [2.45, 2.75) is 11.8 Å². The lowest BCUT2D eigenvalue weighted by Crippen LogP contribution is -2.40. The minimum Gasteiger partial charge on any atom is -0.495 e. The van der Waals surface area contributed by atoms with Gasteiger partial charge in [0.2, 0.25) is 10.0 Å². The fraction of sp³-hybridized carbons (Fsp3) is 0.350. The van der Waals surface area contributed by atoms with Gasteiger partial charge in [0.25, 0.3) is 5.91 Å². The molecule has 9 heteroatoms. The number of hydrogen-bond donors (Lipinski definition) is 1. The number of nitrogens with zero attached hydrogens (tertiary/aromatic N) is 1. The summed E-state index contributed by atoms with van der Waals surface area (Å²) in [6.45, 7) is 2.92. The van der Waals surface area contributed by atoms with Gasteiger partial charge < -0.3 is 19.5 Å². The van der Waals surface area contributed by atoms with E-state index in [1.54, 1.807) is 12.1 Å². The third-order valence-electron chi connectivity index (χ3n) is 4.49. The summed E-state index contributed by atoms with van der Waals surface area (Å²) in [6.07, 6.45) is 0. The molecule has 0 aliphatic carbocycles. The van der Waals surface area contributed by atoms with Crippen molar-refractivity contribution in [3.8, 4) is 11.5 Å². The fourth-order valence-corrected chi connectivity index (χ4v) is 4.53. The molecule has 0 bridgehead atoms. The number of amides is 1. The van der Waals surface area contributed by atoms with Crippen LogP contribution >= 0.6 is 0 Å². The van der Waals surface area contributed by atoms with E-state index in [0.29, 0.717) is 24.7 Å². The van der Waals surface area contributed by atoms with Gasteiger partial charge in [-0.05, 0) is 36.8 Å². The van der Waals surface area contributed by atoms with Crippen LogP contribution in [0.2, 0.25) is 0 Å². The Bertz CT molecular complexity index is 971. The van der Waals surface area contributed by atoms with Gasteiger partial charge in [-0.2, -0.15) is 4.31 Å². The van der Waals surface area contributed by atoms with Crippen LogP contribution in [0.3, 0.4) is 0 Å². The van der Waals surface area contributed by atoms with E-state index in [1.165, 1.54) is 23.5 Å². The molecule has 0 radical (unpaired) electrons. The van der Waals surface area contributed by atoms with E-state index in [-0.39, 0.29) is 30.3 Å². The Kier molecular flexibility index (Phi) is 6.73. The Balaban J connectivity index is 1.74. The van der Waals surface area contributed by atoms with Gasteiger partial charge >= 0.3 is 0 Å². The number of benzene rings is 2. The molecule has 0 atom stereocenters. The fourth-order valence-electron chi connectivity index (χ4n) is 2.94. The van der Waals surface area contributed by atoms with Gasteiger partial charge in [0.1, 0.15) is 16.4 Å². The zero-order valence-electron chi connectivity index (χ0n) is 16.4. The van der Waals surface area contributed by atoms with Crippen molar-refractivity contribution in [2.24, 2.45) is 0 Å². The predicted molar refractivity (Wildman–Crippen MR) is 108 cm³/mol. The highest BCUT2D eigenvalue weighted by Gasteiger charge is 2.29. The van der Waals surface area contributed by atoms with Crippen molar-refractivity contribution >= 4 is 21.6 Å². The summed E-state index contributed by atoms with van der Waals surface area (Å²) in [5.41, 5.74) is 1.26. The summed E-state index contributed by atoms with van der Waals surface area (Å²) in [5.74, 6) is 0.437. The second-order valence-corrected chi connectivity index (χ2v) is 8.39. The number of sulfonamides is 1. The molecule has 0 spiro atoms. The van der Waals surface area contributed by atoms with E-state index in [0.717, 1.165) is 5.56 Å². The lowest BCUT2D eigenvalue weighted by Gasteiger charge is -2.26. The molecule has 3 rings (SSSR count). The lowest BCUT2D eigenvalue weighted by atomic mass is 10.2. The summed E-state index contributed by atoms with van der Waals surface area (Å²) in [7, 11) is -2.37. The molecule has 156 valence electrons. The number of rotatable bonds is 7. The second-order valence-electron chi connectivity index (χ2n) is 6.48. The first-order chi connectivity index (χ1) is 13.9. The number of methoxy groups -OCH3 is 1. The van der Waals surface area contributed by atoms with E-state index >= 15 is 0 Å². The van der Waals surface area contributed by atoms with Gasteiger partial charge in [0, 0.05) is 18.8 Å². The molecule has 0 aromatic heterocycles. The third kappa shape index (κ3) is 5.06. The number of carbonyl (C=O) groups is 1. The molecule has 1 heterocycles. The summed E-state index contributed by atoms with van der Waals surface area (Å²) < 4.78 is 43.3. The molecule has 2 aromatic carbocycles. The molecule has 1 fully saturated rings. The molecule has 0 saturated carbocycles. The van der Waals surface area contributed by atoms with Crippen molar-refractivity contribution in [1.82, 2.24) is 4.31 Å². The Morgan fingerprint density at radius 3 is 2.55 bits per heavy atom. The number of ether oxygens (including phenoxy) is 3. The average molecular weight is 420 g/mol.